The van der Waals surface area contributed by atoms with Gasteiger partial charge in [0.05, 0.1) is 31.9 Å². The van der Waals surface area contributed by atoms with Crippen LogP contribution in [0.1, 0.15) is 84.0 Å². The van der Waals surface area contributed by atoms with Crippen molar-refractivity contribution in [2.45, 2.75) is 176 Å². The number of hydrogen-bond acceptors (Lipinski definition) is 17. The third-order valence-electron chi connectivity index (χ3n) is 10.5. The number of aliphatic hydroxyl groups is 8. The van der Waals surface area contributed by atoms with Gasteiger partial charge in [-0.2, -0.15) is 0 Å². The Labute approximate surface area is 304 Å². The number of nitrogens with one attached hydrogen (secondary N) is 1. The predicted molar refractivity (Wildman–Crippen MR) is 180 cm³/mol. The van der Waals surface area contributed by atoms with Gasteiger partial charge >= 0.3 is 0 Å². The van der Waals surface area contributed by atoms with Gasteiger partial charge in [-0.05, 0) is 13.0 Å². The highest BCUT2D eigenvalue weighted by Gasteiger charge is 2.56. The molecule has 4 saturated heterocycles. The zero-order chi connectivity index (χ0) is 37.9. The average molecular weight is 752 g/mol. The molecule has 4 rings (SSSR count). The van der Waals surface area contributed by atoms with E-state index in [1.165, 1.54) is 32.1 Å². The zero-order valence-corrected chi connectivity index (χ0v) is 29.9. The molecule has 302 valence electrons. The Kier molecular flexibility index (Phi) is 17.5. The molecule has 2 amide bonds. The topological polar surface area (TPSA) is 283 Å². The van der Waals surface area contributed by atoms with Gasteiger partial charge in [-0.3, -0.25) is 14.5 Å². The van der Waals surface area contributed by atoms with Gasteiger partial charge in [0.2, 0.25) is 11.8 Å². The van der Waals surface area contributed by atoms with Crippen LogP contribution in [-0.4, -0.2) is 176 Å². The van der Waals surface area contributed by atoms with Crippen LogP contribution in [0.2, 0.25) is 0 Å². The van der Waals surface area contributed by atoms with E-state index in [0.29, 0.717) is 13.0 Å². The smallest absolute Gasteiger partial charge is 0.230 e. The highest BCUT2D eigenvalue weighted by molar-refractivity contribution is 6.02. The number of ether oxygens (including phenoxy) is 5. The number of likely N-dealkylation sites (tertiary alicyclic amines) is 1. The first kappa shape index (κ1) is 43.3. The molecule has 15 atom stereocenters. The number of aliphatic hydroxyl groups excluding tert-OH is 8. The maximum absolute atomic E-state index is 12.7. The van der Waals surface area contributed by atoms with Crippen LogP contribution in [0.4, 0.5) is 0 Å². The van der Waals surface area contributed by atoms with Crippen molar-refractivity contribution in [3.05, 3.63) is 0 Å². The second-order valence-corrected chi connectivity index (χ2v) is 14.2. The van der Waals surface area contributed by atoms with Crippen molar-refractivity contribution in [2.75, 3.05) is 26.4 Å². The lowest BCUT2D eigenvalue weighted by molar-refractivity contribution is -0.354. The maximum Gasteiger partial charge on any atom is 0.230 e. The van der Waals surface area contributed by atoms with Crippen molar-refractivity contribution >= 4 is 11.8 Å². The van der Waals surface area contributed by atoms with Gasteiger partial charge in [0.15, 0.2) is 18.9 Å². The molecule has 4 heterocycles. The van der Waals surface area contributed by atoms with Crippen LogP contribution in [0.15, 0.2) is 0 Å². The van der Waals surface area contributed by atoms with Gasteiger partial charge < -0.3 is 75.6 Å². The SMILES string of the molecule is CCCCCCCCCCCCN[C@H]1[C@H](OC2[C@@H](CO)O[C@@H](O)[C@H](N)[C@H]2O)O[C@H](CO)C(O[C@@H]2O[C@H](CO)[C@@H](O)[C@H](O)[C@H]2N2C(=O)CCC2=O)[C@@H]1O. The fourth-order valence-electron chi connectivity index (χ4n) is 7.41. The van der Waals surface area contributed by atoms with E-state index in [2.05, 4.69) is 12.2 Å². The molecule has 2 unspecified atom stereocenters. The molecule has 52 heavy (non-hydrogen) atoms. The van der Waals surface area contributed by atoms with Crippen LogP contribution in [-0.2, 0) is 33.3 Å². The van der Waals surface area contributed by atoms with Crippen LogP contribution in [0.3, 0.4) is 0 Å². The Bertz CT molecular complexity index is 1080. The predicted octanol–water partition coefficient (Wildman–Crippen LogP) is -2.93. The van der Waals surface area contributed by atoms with Crippen molar-refractivity contribution in [3.8, 4) is 0 Å². The van der Waals surface area contributed by atoms with Crippen LogP contribution in [0, 0.1) is 0 Å². The number of carbonyl (C=O) groups is 2. The summed E-state index contributed by atoms with van der Waals surface area (Å²) in [7, 11) is 0. The molecule has 0 spiro atoms. The van der Waals surface area contributed by atoms with Gasteiger partial charge in [-0.25, -0.2) is 0 Å². The fraction of sp³-hybridized carbons (Fsp3) is 0.941. The molecule has 18 heteroatoms. The molecule has 0 saturated carbocycles. The van der Waals surface area contributed by atoms with E-state index in [1.54, 1.807) is 0 Å². The maximum atomic E-state index is 12.7. The lowest BCUT2D eigenvalue weighted by atomic mass is 9.93. The number of carbonyl (C=O) groups excluding carboxylic acids is 2. The Hall–Kier alpha value is -1.46. The van der Waals surface area contributed by atoms with Gasteiger partial charge in [0.1, 0.15) is 61.0 Å². The van der Waals surface area contributed by atoms with Crippen LogP contribution < -0.4 is 11.1 Å². The van der Waals surface area contributed by atoms with Crippen molar-refractivity contribution in [1.82, 2.24) is 10.2 Å². The minimum Gasteiger partial charge on any atom is -0.394 e. The summed E-state index contributed by atoms with van der Waals surface area (Å²) in [5.74, 6) is -1.28. The number of nitrogens with two attached hydrogens (primary N) is 1. The number of rotatable bonds is 20. The minimum absolute atomic E-state index is 0.140. The van der Waals surface area contributed by atoms with Crippen LogP contribution in [0.5, 0.6) is 0 Å². The largest absolute Gasteiger partial charge is 0.394 e. The molecule has 0 radical (unpaired) electrons. The summed E-state index contributed by atoms with van der Waals surface area (Å²) in [4.78, 5) is 26.2. The lowest BCUT2D eigenvalue weighted by Crippen LogP contribution is -2.70. The summed E-state index contributed by atoms with van der Waals surface area (Å²) < 4.78 is 29.4. The minimum atomic E-state index is -1.79. The van der Waals surface area contributed by atoms with E-state index in [-0.39, 0.29) is 12.8 Å². The molecule has 0 aromatic heterocycles. The van der Waals surface area contributed by atoms with Crippen molar-refractivity contribution in [3.63, 3.8) is 0 Å². The standard InChI is InChI=1S/C34H61N3O15/c1-2-3-4-5-6-7-8-9-10-11-14-36-24-28(45)31(20(17-40)50-33(24)51-30-19(16-39)48-32(47)23(35)27(30)44)52-34-25(37-21(41)12-13-22(37)42)29(46)26(43)18(15-38)49-34/h18-20,23-34,36,38-40,43-47H,2-17,35H2,1H3/t18-,19-,20-,23-,24-,25-,26-,27-,28-,29-,30?,31?,32-,33+,34+/m1/s1. The van der Waals surface area contributed by atoms with Crippen LogP contribution in [0.25, 0.3) is 0 Å². The highest BCUT2D eigenvalue weighted by Crippen LogP contribution is 2.34. The number of nitrogens with zero attached hydrogens (tertiary/aromatic N) is 1. The first-order valence-electron chi connectivity index (χ1n) is 18.8. The quantitative estimate of drug-likeness (QED) is 0.0440. The number of amides is 2. The number of hydrogen-bond donors (Lipinski definition) is 10. The first-order chi connectivity index (χ1) is 25.0. The second-order valence-electron chi connectivity index (χ2n) is 14.2. The summed E-state index contributed by atoms with van der Waals surface area (Å²) >= 11 is 0. The molecule has 4 aliphatic heterocycles. The normalized spacial score (nSPS) is 40.1. The molecule has 0 bridgehead atoms. The monoisotopic (exact) mass is 751 g/mol. The molecule has 0 aromatic rings. The van der Waals surface area contributed by atoms with Crippen LogP contribution >= 0.6 is 0 Å². The fourth-order valence-corrected chi connectivity index (χ4v) is 7.41. The van der Waals surface area contributed by atoms with Gasteiger partial charge in [-0.1, -0.05) is 64.7 Å². The summed E-state index contributed by atoms with van der Waals surface area (Å²) in [6.45, 7) is 0.382. The Morgan fingerprint density at radius 1 is 0.673 bits per heavy atom. The highest BCUT2D eigenvalue weighted by atomic mass is 16.7. The zero-order valence-electron chi connectivity index (χ0n) is 29.9. The lowest BCUT2D eigenvalue weighted by Gasteiger charge is -2.50. The van der Waals surface area contributed by atoms with E-state index in [1.807, 2.05) is 0 Å². The van der Waals surface area contributed by atoms with Gasteiger partial charge in [0.25, 0.3) is 0 Å². The molecule has 11 N–H and O–H groups in total. The molecular weight excluding hydrogens is 690 g/mol. The van der Waals surface area contributed by atoms with E-state index in [9.17, 15) is 50.4 Å². The van der Waals surface area contributed by atoms with Crippen molar-refractivity contribution in [1.29, 1.82) is 0 Å². The third kappa shape index (κ3) is 10.4. The molecule has 4 fully saturated rings. The molecular formula is C34H61N3O15. The molecule has 4 aliphatic rings. The van der Waals surface area contributed by atoms with E-state index < -0.39 is 124 Å². The average Bonchev–Trinajstić information content (AvgIpc) is 3.46. The van der Waals surface area contributed by atoms with Crippen molar-refractivity contribution < 1.29 is 74.1 Å². The first-order valence-corrected chi connectivity index (χ1v) is 18.8. The second kappa shape index (κ2) is 21.0. The van der Waals surface area contributed by atoms with E-state index in [4.69, 9.17) is 29.4 Å². The summed E-state index contributed by atoms with van der Waals surface area (Å²) in [6.07, 6.45) is -7.32. The van der Waals surface area contributed by atoms with Gasteiger partial charge in [0, 0.05) is 12.8 Å². The summed E-state index contributed by atoms with van der Waals surface area (Å²) in [6, 6.07) is -3.99. The van der Waals surface area contributed by atoms with E-state index >= 15 is 0 Å². The molecule has 0 aliphatic carbocycles. The molecule has 18 nitrogen and oxygen atoms in total. The summed E-state index contributed by atoms with van der Waals surface area (Å²) in [5, 5.41) is 88.0. The van der Waals surface area contributed by atoms with Crippen molar-refractivity contribution in [2.24, 2.45) is 5.73 Å². The summed E-state index contributed by atoms with van der Waals surface area (Å²) in [5.41, 5.74) is 5.91. The Balaban J connectivity index is 1.51. The Morgan fingerprint density at radius 2 is 1.17 bits per heavy atom. The molecule has 0 aromatic carbocycles. The third-order valence-corrected chi connectivity index (χ3v) is 10.5. The number of imide groups is 1. The number of unbranched alkanes of at least 4 members (excludes halogenated alkanes) is 9. The Morgan fingerprint density at radius 3 is 1.75 bits per heavy atom. The van der Waals surface area contributed by atoms with E-state index in [0.717, 1.165) is 30.6 Å². The van der Waals surface area contributed by atoms with Gasteiger partial charge in [-0.15, -0.1) is 0 Å².